The highest BCUT2D eigenvalue weighted by atomic mass is 32.2. The zero-order valence-corrected chi connectivity index (χ0v) is 17.5. The molecule has 1 amide bonds. The van der Waals surface area contributed by atoms with Gasteiger partial charge in [0.05, 0.1) is 17.0 Å². The molecule has 7 nitrogen and oxygen atoms in total. The number of aromatic nitrogens is 4. The predicted molar refractivity (Wildman–Crippen MR) is 108 cm³/mol. The third-order valence-electron chi connectivity index (χ3n) is 4.49. The highest BCUT2D eigenvalue weighted by molar-refractivity contribution is 7.98. The minimum atomic E-state index is -0.109. The average Bonchev–Trinajstić information content (AvgIpc) is 3.17. The lowest BCUT2D eigenvalue weighted by atomic mass is 10.2. The van der Waals surface area contributed by atoms with E-state index in [0.29, 0.717) is 22.9 Å². The molecule has 0 aliphatic carbocycles. The fourth-order valence-corrected chi connectivity index (χ4v) is 4.10. The van der Waals surface area contributed by atoms with Gasteiger partial charge in [-0.3, -0.25) is 9.48 Å². The molecular weight excluding hydrogens is 374 g/mol. The van der Waals surface area contributed by atoms with Gasteiger partial charge < -0.3 is 9.84 Å². The Bertz CT molecular complexity index is 944. The lowest BCUT2D eigenvalue weighted by molar-refractivity contribution is 0.0949. The van der Waals surface area contributed by atoms with Crippen molar-refractivity contribution >= 4 is 17.7 Å². The van der Waals surface area contributed by atoms with Gasteiger partial charge in [0.15, 0.2) is 0 Å². The molecule has 8 heteroatoms. The smallest absolute Gasteiger partial charge is 0.254 e. The second kappa shape index (κ2) is 9.05. The fourth-order valence-electron chi connectivity index (χ4n) is 2.95. The molecule has 0 bridgehead atoms. The maximum Gasteiger partial charge on any atom is 0.254 e. The second-order valence-corrected chi connectivity index (χ2v) is 7.67. The highest BCUT2D eigenvalue weighted by Crippen LogP contribution is 2.27. The number of rotatable bonds is 8. The van der Waals surface area contributed by atoms with E-state index in [9.17, 15) is 4.79 Å². The lowest BCUT2D eigenvalue weighted by Crippen LogP contribution is -2.26. The number of carbonyl (C=O) groups excluding carboxylic acids is 1. The Kier molecular flexibility index (Phi) is 6.51. The van der Waals surface area contributed by atoms with Crippen LogP contribution in [0.25, 0.3) is 0 Å². The summed E-state index contributed by atoms with van der Waals surface area (Å²) in [6, 6.07) is 5.64. The Balaban J connectivity index is 1.55. The Morgan fingerprint density at radius 2 is 2.11 bits per heavy atom. The van der Waals surface area contributed by atoms with Crippen molar-refractivity contribution in [2.45, 2.75) is 51.4 Å². The monoisotopic (exact) mass is 399 g/mol. The van der Waals surface area contributed by atoms with Crippen molar-refractivity contribution in [3.8, 4) is 0 Å². The summed E-state index contributed by atoms with van der Waals surface area (Å²) in [5.41, 5.74) is 4.65. The van der Waals surface area contributed by atoms with Crippen LogP contribution in [0.15, 0.2) is 33.9 Å². The molecule has 1 N–H and O–H groups in total. The lowest BCUT2D eigenvalue weighted by Gasteiger charge is -2.09. The molecule has 3 aromatic heterocycles. The quantitative estimate of drug-likeness (QED) is 0.460. The van der Waals surface area contributed by atoms with Gasteiger partial charge in [-0.15, -0.1) is 11.8 Å². The molecule has 148 valence electrons. The van der Waals surface area contributed by atoms with Crippen molar-refractivity contribution in [1.29, 1.82) is 0 Å². The van der Waals surface area contributed by atoms with Gasteiger partial charge in [-0.25, -0.2) is 4.98 Å². The van der Waals surface area contributed by atoms with Crippen LogP contribution in [0.3, 0.4) is 0 Å². The van der Waals surface area contributed by atoms with Gasteiger partial charge in [0.2, 0.25) is 0 Å². The van der Waals surface area contributed by atoms with Crippen molar-refractivity contribution in [2.75, 3.05) is 6.54 Å². The first-order valence-electron chi connectivity index (χ1n) is 9.24. The summed E-state index contributed by atoms with van der Waals surface area (Å²) in [5.74, 6) is 1.36. The molecule has 0 saturated heterocycles. The number of aryl methyl sites for hydroxylation is 5. The van der Waals surface area contributed by atoms with Crippen molar-refractivity contribution in [2.24, 2.45) is 0 Å². The maximum absolute atomic E-state index is 12.6. The van der Waals surface area contributed by atoms with E-state index in [2.05, 4.69) is 26.6 Å². The summed E-state index contributed by atoms with van der Waals surface area (Å²) < 4.78 is 7.17. The molecule has 0 aliphatic heterocycles. The number of nitrogens with one attached hydrogen (secondary N) is 1. The Morgan fingerprint density at radius 1 is 1.29 bits per heavy atom. The van der Waals surface area contributed by atoms with Crippen LogP contribution in [0.5, 0.6) is 0 Å². The minimum Gasteiger partial charge on any atom is -0.361 e. The summed E-state index contributed by atoms with van der Waals surface area (Å²) in [7, 11) is 0. The average molecular weight is 400 g/mol. The van der Waals surface area contributed by atoms with Crippen LogP contribution in [0, 0.1) is 27.7 Å². The maximum atomic E-state index is 12.6. The molecule has 28 heavy (non-hydrogen) atoms. The van der Waals surface area contributed by atoms with E-state index < -0.39 is 0 Å². The molecule has 0 aliphatic rings. The van der Waals surface area contributed by atoms with Crippen LogP contribution in [-0.4, -0.2) is 32.4 Å². The van der Waals surface area contributed by atoms with Gasteiger partial charge in [-0.05, 0) is 52.3 Å². The van der Waals surface area contributed by atoms with Crippen LogP contribution in [0.2, 0.25) is 0 Å². The summed E-state index contributed by atoms with van der Waals surface area (Å²) in [6.45, 7) is 9.19. The van der Waals surface area contributed by atoms with Crippen LogP contribution in [0.1, 0.15) is 45.2 Å². The highest BCUT2D eigenvalue weighted by Gasteiger charge is 2.15. The molecular formula is C20H25N5O2S. The zero-order valence-electron chi connectivity index (χ0n) is 16.7. The molecule has 3 aromatic rings. The normalized spacial score (nSPS) is 11.0. The van der Waals surface area contributed by atoms with Gasteiger partial charge in [0, 0.05) is 36.3 Å². The summed E-state index contributed by atoms with van der Waals surface area (Å²) in [4.78, 5) is 17.0. The van der Waals surface area contributed by atoms with Crippen LogP contribution in [0.4, 0.5) is 0 Å². The van der Waals surface area contributed by atoms with E-state index in [-0.39, 0.29) is 5.91 Å². The molecule has 0 radical (unpaired) electrons. The number of thioether (sulfide) groups is 1. The summed E-state index contributed by atoms with van der Waals surface area (Å²) in [6.07, 6.45) is 2.52. The molecule has 0 spiro atoms. The zero-order chi connectivity index (χ0) is 20.1. The number of hydrogen-bond donors (Lipinski definition) is 1. The topological polar surface area (TPSA) is 85.8 Å². The van der Waals surface area contributed by atoms with Crippen LogP contribution in [-0.2, 0) is 12.3 Å². The number of nitrogens with zero attached hydrogens (tertiary/aromatic N) is 4. The van der Waals surface area contributed by atoms with Gasteiger partial charge in [-0.1, -0.05) is 5.16 Å². The largest absolute Gasteiger partial charge is 0.361 e. The molecule has 3 rings (SSSR count). The van der Waals surface area contributed by atoms with E-state index in [0.717, 1.165) is 41.4 Å². The standard InChI is InChI=1S/C20H25N5O2S/c1-13-11-14(2)25(23-13)10-6-9-21-19(26)17-7-5-8-22-20(17)28-12-18-15(3)24-27-16(18)4/h5,7-8,11H,6,9-10,12H2,1-4H3,(H,21,26). The first-order valence-corrected chi connectivity index (χ1v) is 10.2. The number of amides is 1. The first-order chi connectivity index (χ1) is 13.5. The SMILES string of the molecule is Cc1cc(C)n(CCCNC(=O)c2cccnc2SCc2c(C)noc2C)n1. The minimum absolute atomic E-state index is 0.109. The molecule has 0 fully saturated rings. The summed E-state index contributed by atoms with van der Waals surface area (Å²) in [5, 5.41) is 12.1. The molecule has 0 unspecified atom stereocenters. The van der Waals surface area contributed by atoms with Crippen molar-refractivity contribution < 1.29 is 9.32 Å². The van der Waals surface area contributed by atoms with Gasteiger partial charge in [-0.2, -0.15) is 5.10 Å². The van der Waals surface area contributed by atoms with Gasteiger partial charge in [0.25, 0.3) is 5.91 Å². The number of hydrogen-bond acceptors (Lipinski definition) is 6. The predicted octanol–water partition coefficient (Wildman–Crippen LogP) is 3.61. The third-order valence-corrected chi connectivity index (χ3v) is 5.52. The molecule has 0 aromatic carbocycles. The van der Waals surface area contributed by atoms with Gasteiger partial charge in [0.1, 0.15) is 10.8 Å². The second-order valence-electron chi connectivity index (χ2n) is 6.71. The number of pyridine rings is 1. The molecule has 0 atom stereocenters. The van der Waals surface area contributed by atoms with Crippen LogP contribution >= 0.6 is 11.8 Å². The van der Waals surface area contributed by atoms with E-state index in [1.54, 1.807) is 18.3 Å². The Labute approximate surface area is 168 Å². The first kappa shape index (κ1) is 20.1. The van der Waals surface area contributed by atoms with E-state index in [4.69, 9.17) is 4.52 Å². The Hall–Kier alpha value is -2.61. The van der Waals surface area contributed by atoms with Crippen molar-refractivity contribution in [3.63, 3.8) is 0 Å². The fraction of sp³-hybridized carbons (Fsp3) is 0.400. The van der Waals surface area contributed by atoms with Crippen LogP contribution < -0.4 is 5.32 Å². The number of carbonyl (C=O) groups is 1. The van der Waals surface area contributed by atoms with E-state index in [1.807, 2.05) is 32.4 Å². The van der Waals surface area contributed by atoms with Gasteiger partial charge >= 0.3 is 0 Å². The van der Waals surface area contributed by atoms with E-state index >= 15 is 0 Å². The molecule has 3 heterocycles. The van der Waals surface area contributed by atoms with E-state index in [1.165, 1.54) is 11.8 Å². The Morgan fingerprint density at radius 3 is 2.79 bits per heavy atom. The third kappa shape index (κ3) is 4.81. The van der Waals surface area contributed by atoms with Crippen molar-refractivity contribution in [1.82, 2.24) is 25.2 Å². The summed E-state index contributed by atoms with van der Waals surface area (Å²) >= 11 is 1.52. The van der Waals surface area contributed by atoms with Crippen molar-refractivity contribution in [3.05, 3.63) is 58.4 Å². The molecule has 0 saturated carbocycles.